The van der Waals surface area contributed by atoms with Gasteiger partial charge in [0.1, 0.15) is 0 Å². The molecule has 1 atom stereocenters. The van der Waals surface area contributed by atoms with Crippen LogP contribution >= 0.6 is 0 Å². The van der Waals surface area contributed by atoms with Crippen molar-refractivity contribution in [3.05, 3.63) is 69.8 Å². The zero-order valence-corrected chi connectivity index (χ0v) is 11.5. The molecule has 0 spiro atoms. The van der Waals surface area contributed by atoms with E-state index < -0.39 is 4.92 Å². The van der Waals surface area contributed by atoms with Gasteiger partial charge in [-0.15, -0.1) is 0 Å². The fourth-order valence-corrected chi connectivity index (χ4v) is 2.74. The SMILES string of the molecule is CC1Cc2ccccc2N1C(=O)c1ccc([N+](=O)[O-])cc1. The summed E-state index contributed by atoms with van der Waals surface area (Å²) in [7, 11) is 0. The standard InChI is InChI=1S/C16H14N2O3/c1-11-10-13-4-2-3-5-15(13)17(11)16(19)12-6-8-14(9-7-12)18(20)21/h2-9,11H,10H2,1H3. The predicted molar refractivity (Wildman–Crippen MR) is 79.5 cm³/mol. The van der Waals surface area contributed by atoms with Crippen LogP contribution in [0.3, 0.4) is 0 Å². The van der Waals surface area contributed by atoms with Gasteiger partial charge in [0.05, 0.1) is 4.92 Å². The van der Waals surface area contributed by atoms with Crippen LogP contribution in [0.5, 0.6) is 0 Å². The molecule has 0 aliphatic carbocycles. The lowest BCUT2D eigenvalue weighted by Crippen LogP contribution is -2.35. The Morgan fingerprint density at radius 1 is 1.19 bits per heavy atom. The van der Waals surface area contributed by atoms with Crippen LogP contribution in [0, 0.1) is 10.1 Å². The van der Waals surface area contributed by atoms with Crippen molar-refractivity contribution in [2.75, 3.05) is 4.90 Å². The van der Waals surface area contributed by atoms with E-state index in [1.165, 1.54) is 24.3 Å². The Hall–Kier alpha value is -2.69. The molecule has 106 valence electrons. The van der Waals surface area contributed by atoms with E-state index in [2.05, 4.69) is 0 Å². The van der Waals surface area contributed by atoms with E-state index in [0.29, 0.717) is 5.56 Å². The highest BCUT2D eigenvalue weighted by atomic mass is 16.6. The summed E-state index contributed by atoms with van der Waals surface area (Å²) in [5.74, 6) is -0.123. The lowest BCUT2D eigenvalue weighted by atomic mass is 10.1. The van der Waals surface area contributed by atoms with Gasteiger partial charge in [0.25, 0.3) is 11.6 Å². The molecule has 21 heavy (non-hydrogen) atoms. The minimum absolute atomic E-state index is 0.0126. The molecule has 2 aromatic carbocycles. The lowest BCUT2D eigenvalue weighted by molar-refractivity contribution is -0.384. The number of non-ortho nitro benzene ring substituents is 1. The summed E-state index contributed by atoms with van der Waals surface area (Å²) in [6.45, 7) is 2.00. The van der Waals surface area contributed by atoms with Crippen LogP contribution in [0.1, 0.15) is 22.8 Å². The molecule has 0 aromatic heterocycles. The van der Waals surface area contributed by atoms with Crippen LogP contribution in [-0.4, -0.2) is 16.9 Å². The van der Waals surface area contributed by atoms with Crippen LogP contribution in [0.25, 0.3) is 0 Å². The van der Waals surface area contributed by atoms with Crippen molar-refractivity contribution in [3.63, 3.8) is 0 Å². The van der Waals surface area contributed by atoms with Gasteiger partial charge in [-0.1, -0.05) is 18.2 Å². The molecule has 1 amide bonds. The Labute approximate surface area is 122 Å². The summed E-state index contributed by atoms with van der Waals surface area (Å²) >= 11 is 0. The number of anilines is 1. The summed E-state index contributed by atoms with van der Waals surface area (Å²) in [6.07, 6.45) is 0.828. The molecule has 0 radical (unpaired) electrons. The van der Waals surface area contributed by atoms with E-state index in [9.17, 15) is 14.9 Å². The van der Waals surface area contributed by atoms with Gasteiger partial charge >= 0.3 is 0 Å². The average molecular weight is 282 g/mol. The molecular weight excluding hydrogens is 268 g/mol. The van der Waals surface area contributed by atoms with Crippen LogP contribution in [0.4, 0.5) is 11.4 Å². The molecule has 0 fully saturated rings. The maximum atomic E-state index is 12.7. The van der Waals surface area contributed by atoms with Crippen molar-refractivity contribution in [2.24, 2.45) is 0 Å². The molecule has 1 unspecified atom stereocenters. The normalized spacial score (nSPS) is 16.6. The fraction of sp³-hybridized carbons (Fsp3) is 0.188. The van der Waals surface area contributed by atoms with Gasteiger partial charge in [-0.2, -0.15) is 0 Å². The number of carbonyl (C=O) groups is 1. The van der Waals surface area contributed by atoms with Crippen LogP contribution in [0.15, 0.2) is 48.5 Å². The van der Waals surface area contributed by atoms with Crippen LogP contribution in [0.2, 0.25) is 0 Å². The van der Waals surface area contributed by atoms with E-state index in [4.69, 9.17) is 0 Å². The second kappa shape index (κ2) is 5.01. The number of fused-ring (bicyclic) bond motifs is 1. The zero-order chi connectivity index (χ0) is 15.0. The molecule has 0 saturated heterocycles. The Balaban J connectivity index is 1.93. The van der Waals surface area contributed by atoms with Gasteiger partial charge in [-0.3, -0.25) is 14.9 Å². The van der Waals surface area contributed by atoms with Gasteiger partial charge in [0.15, 0.2) is 0 Å². The van der Waals surface area contributed by atoms with Crippen LogP contribution < -0.4 is 4.90 Å². The van der Waals surface area contributed by atoms with Crippen LogP contribution in [-0.2, 0) is 6.42 Å². The molecule has 3 rings (SSSR count). The molecule has 0 saturated carbocycles. The first-order valence-electron chi connectivity index (χ1n) is 6.74. The predicted octanol–water partition coefficient (Wildman–Crippen LogP) is 3.19. The largest absolute Gasteiger partial charge is 0.305 e. The number of benzene rings is 2. The monoisotopic (exact) mass is 282 g/mol. The molecule has 0 bridgehead atoms. The smallest absolute Gasteiger partial charge is 0.269 e. The minimum Gasteiger partial charge on any atom is -0.305 e. The number of nitro groups is 1. The Bertz CT molecular complexity index is 710. The van der Waals surface area contributed by atoms with E-state index in [0.717, 1.165) is 17.7 Å². The van der Waals surface area contributed by atoms with Gasteiger partial charge in [-0.05, 0) is 37.1 Å². The topological polar surface area (TPSA) is 63.5 Å². The zero-order valence-electron chi connectivity index (χ0n) is 11.5. The molecule has 5 heteroatoms. The maximum Gasteiger partial charge on any atom is 0.269 e. The fourth-order valence-electron chi connectivity index (χ4n) is 2.74. The van der Waals surface area contributed by atoms with Crippen molar-refractivity contribution >= 4 is 17.3 Å². The van der Waals surface area contributed by atoms with Crippen molar-refractivity contribution in [1.29, 1.82) is 0 Å². The first-order chi connectivity index (χ1) is 10.1. The lowest BCUT2D eigenvalue weighted by Gasteiger charge is -2.22. The van der Waals surface area contributed by atoms with Gasteiger partial charge < -0.3 is 4.90 Å². The second-order valence-corrected chi connectivity index (χ2v) is 5.16. The molecule has 1 aliphatic rings. The number of hydrogen-bond acceptors (Lipinski definition) is 3. The van der Waals surface area contributed by atoms with Crippen molar-refractivity contribution < 1.29 is 9.72 Å². The first kappa shape index (κ1) is 13.3. The van der Waals surface area contributed by atoms with Gasteiger partial charge in [-0.25, -0.2) is 0 Å². The molecule has 5 nitrogen and oxygen atoms in total. The van der Waals surface area contributed by atoms with E-state index in [1.54, 1.807) is 4.90 Å². The number of para-hydroxylation sites is 1. The third kappa shape index (κ3) is 2.27. The Morgan fingerprint density at radius 3 is 2.52 bits per heavy atom. The second-order valence-electron chi connectivity index (χ2n) is 5.16. The number of nitro benzene ring substituents is 1. The first-order valence-corrected chi connectivity index (χ1v) is 6.74. The number of nitrogens with zero attached hydrogens (tertiary/aromatic N) is 2. The summed E-state index contributed by atoms with van der Waals surface area (Å²) in [4.78, 5) is 24.6. The third-order valence-electron chi connectivity index (χ3n) is 3.75. The van der Waals surface area contributed by atoms with Crippen molar-refractivity contribution in [2.45, 2.75) is 19.4 Å². The molecule has 1 heterocycles. The highest BCUT2D eigenvalue weighted by molar-refractivity contribution is 6.07. The Morgan fingerprint density at radius 2 is 1.86 bits per heavy atom. The summed E-state index contributed by atoms with van der Waals surface area (Å²) in [6, 6.07) is 13.7. The number of rotatable bonds is 2. The molecule has 2 aromatic rings. The minimum atomic E-state index is -0.470. The van der Waals surface area contributed by atoms with E-state index in [1.807, 2.05) is 31.2 Å². The highest BCUT2D eigenvalue weighted by Crippen LogP contribution is 2.33. The molecular formula is C16H14N2O3. The number of hydrogen-bond donors (Lipinski definition) is 0. The van der Waals surface area contributed by atoms with Gasteiger partial charge in [0.2, 0.25) is 0 Å². The average Bonchev–Trinajstić information content (AvgIpc) is 2.82. The molecule has 0 N–H and O–H groups in total. The molecule has 1 aliphatic heterocycles. The third-order valence-corrected chi connectivity index (χ3v) is 3.75. The number of amides is 1. The summed E-state index contributed by atoms with van der Waals surface area (Å²) in [5, 5.41) is 10.7. The quantitative estimate of drug-likeness (QED) is 0.627. The van der Waals surface area contributed by atoms with Gasteiger partial charge in [0, 0.05) is 29.4 Å². The van der Waals surface area contributed by atoms with E-state index in [-0.39, 0.29) is 17.6 Å². The highest BCUT2D eigenvalue weighted by Gasteiger charge is 2.31. The Kier molecular flexibility index (Phi) is 3.17. The van der Waals surface area contributed by atoms with E-state index >= 15 is 0 Å². The summed E-state index contributed by atoms with van der Waals surface area (Å²) < 4.78 is 0. The number of carbonyl (C=O) groups excluding carboxylic acids is 1. The van der Waals surface area contributed by atoms with Crippen molar-refractivity contribution in [1.82, 2.24) is 0 Å². The summed E-state index contributed by atoms with van der Waals surface area (Å²) in [5.41, 5.74) is 2.53. The maximum absolute atomic E-state index is 12.7. The van der Waals surface area contributed by atoms with Crippen molar-refractivity contribution in [3.8, 4) is 0 Å².